The number of hydrogen-bond acceptors (Lipinski definition) is 7. The van der Waals surface area contributed by atoms with Gasteiger partial charge in [0.15, 0.2) is 0 Å². The van der Waals surface area contributed by atoms with Crippen molar-refractivity contribution in [1.29, 1.82) is 5.26 Å². The molecule has 16 heteroatoms. The quantitative estimate of drug-likeness (QED) is 0.253. The zero-order valence-electron chi connectivity index (χ0n) is 18.4. The minimum Gasteiger partial charge on any atom is -0.490 e. The number of fused-ring (bicyclic) bond motifs is 1. The van der Waals surface area contributed by atoms with Gasteiger partial charge in [-0.3, -0.25) is 4.57 Å². The molecule has 4 N–H and O–H groups in total. The number of nitrogens with one attached hydrogen (secondary N) is 2. The van der Waals surface area contributed by atoms with E-state index in [1.54, 1.807) is 35.1 Å². The summed E-state index contributed by atoms with van der Waals surface area (Å²) in [6.07, 6.45) is -6.59. The normalized spacial score (nSPS) is 20.0. The Hall–Kier alpha value is -1.98. The van der Waals surface area contributed by atoms with E-state index in [2.05, 4.69) is 5.32 Å². The van der Waals surface area contributed by atoms with E-state index >= 15 is 0 Å². The Morgan fingerprint density at radius 1 is 1.31 bits per heavy atom. The van der Waals surface area contributed by atoms with Crippen LogP contribution in [0.3, 0.4) is 0 Å². The Balaban J connectivity index is 2.00. The molecule has 0 fully saturated rings. The van der Waals surface area contributed by atoms with Crippen LogP contribution < -0.4 is 14.8 Å². The second-order valence-corrected chi connectivity index (χ2v) is 13.2. The summed E-state index contributed by atoms with van der Waals surface area (Å²) in [6, 6.07) is 11.8. The molecule has 2 atom stereocenters. The van der Waals surface area contributed by atoms with Crippen LogP contribution in [0.5, 0.6) is 5.75 Å². The molecule has 0 bridgehead atoms. The Morgan fingerprint density at radius 2 is 1.94 bits per heavy atom. The van der Waals surface area contributed by atoms with Crippen molar-refractivity contribution in [1.82, 2.24) is 4.72 Å². The summed E-state index contributed by atoms with van der Waals surface area (Å²) in [6.45, 7) is 0.781. The summed E-state index contributed by atoms with van der Waals surface area (Å²) in [7, 11) is -9.89. The summed E-state index contributed by atoms with van der Waals surface area (Å²) in [4.78, 5) is 17.7. The van der Waals surface area contributed by atoms with Gasteiger partial charge < -0.3 is 19.8 Å². The molecule has 1 aliphatic heterocycles. The lowest BCUT2D eigenvalue weighted by Gasteiger charge is -2.34. The molecule has 1 aliphatic rings. The van der Waals surface area contributed by atoms with Gasteiger partial charge in [0.25, 0.3) is 0 Å². The predicted octanol–water partition coefficient (Wildman–Crippen LogP) is 4.01. The van der Waals surface area contributed by atoms with Crippen LogP contribution in [-0.4, -0.2) is 48.4 Å². The highest BCUT2D eigenvalue weighted by Crippen LogP contribution is 2.62. The number of thioether (sulfide) groups is 1. The third-order valence-electron chi connectivity index (χ3n) is 5.33. The molecular weight excluding hydrogens is 566 g/mol. The van der Waals surface area contributed by atoms with Gasteiger partial charge in [-0.1, -0.05) is 29.8 Å². The molecule has 2 aromatic rings. The van der Waals surface area contributed by atoms with Crippen LogP contribution in [0.2, 0.25) is 5.02 Å². The number of anilines is 1. The minimum absolute atomic E-state index is 0.0554. The molecule has 2 aromatic carbocycles. The molecule has 3 rings (SSSR count). The van der Waals surface area contributed by atoms with Crippen LogP contribution in [-0.2, 0) is 20.0 Å². The lowest BCUT2D eigenvalue weighted by molar-refractivity contribution is -0.181. The zero-order valence-corrected chi connectivity index (χ0v) is 21.7. The first-order valence-corrected chi connectivity index (χ1v) is 14.7. The first-order valence-electron chi connectivity index (χ1n) is 10.1. The number of nitriles is 1. The smallest absolute Gasteiger partial charge is 0.400 e. The highest BCUT2D eigenvalue weighted by Gasteiger charge is 2.67. The van der Waals surface area contributed by atoms with Crippen molar-refractivity contribution >= 4 is 46.7 Å². The van der Waals surface area contributed by atoms with Crippen molar-refractivity contribution in [3.05, 3.63) is 52.5 Å². The van der Waals surface area contributed by atoms with Crippen LogP contribution in [0, 0.1) is 11.3 Å². The lowest BCUT2D eigenvalue weighted by atomic mass is 9.80. The number of sulfonamides is 1. The molecule has 36 heavy (non-hydrogen) atoms. The molecule has 9 nitrogen and oxygen atoms in total. The molecule has 0 aliphatic carbocycles. The number of ether oxygens (including phenoxy) is 1. The summed E-state index contributed by atoms with van der Waals surface area (Å²) in [5, 5.41) is 12.5. The Labute approximate surface area is 214 Å². The van der Waals surface area contributed by atoms with E-state index in [0.29, 0.717) is 6.92 Å². The molecule has 0 spiro atoms. The van der Waals surface area contributed by atoms with Gasteiger partial charge >= 0.3 is 13.8 Å². The Morgan fingerprint density at radius 3 is 2.50 bits per heavy atom. The predicted molar refractivity (Wildman–Crippen MR) is 129 cm³/mol. The van der Waals surface area contributed by atoms with Gasteiger partial charge in [-0.25, -0.2) is 13.1 Å². The topological polar surface area (TPSA) is 149 Å². The van der Waals surface area contributed by atoms with Crippen molar-refractivity contribution < 1.29 is 40.7 Å². The van der Waals surface area contributed by atoms with Gasteiger partial charge in [0.05, 0.1) is 10.6 Å². The molecule has 1 heterocycles. The largest absolute Gasteiger partial charge is 0.490 e. The minimum atomic E-state index is -5.20. The Bertz CT molecular complexity index is 1330. The molecule has 0 aromatic heterocycles. The van der Waals surface area contributed by atoms with Crippen LogP contribution in [0.4, 0.5) is 18.9 Å². The highest BCUT2D eigenvalue weighted by molar-refractivity contribution is 8.13. The standard InChI is InChI=1S/C20H20ClF3N3O6PS2/c1-19(20(22,23)24)16-13(10-25)15(33-8-7-26-12-5-3-2-4-6-12)9-14(21)17(16)35-18(19)36(31,32)27-11-34(28,29)30/h2-6,9,18,26-27H,7-8,11H2,1H3,(H2,28,29,30). The number of hydrogen-bond donors (Lipinski definition) is 4. The summed E-state index contributed by atoms with van der Waals surface area (Å²) in [5.74, 6) is -0.256. The van der Waals surface area contributed by atoms with Crippen molar-refractivity contribution in [3.63, 3.8) is 0 Å². The summed E-state index contributed by atoms with van der Waals surface area (Å²) < 4.78 is 85.0. The first kappa shape index (κ1) is 28.6. The molecule has 0 saturated heterocycles. The third kappa shape index (κ3) is 5.78. The summed E-state index contributed by atoms with van der Waals surface area (Å²) in [5.41, 5.74) is -3.60. The number of benzene rings is 2. The lowest BCUT2D eigenvalue weighted by Crippen LogP contribution is -2.51. The summed E-state index contributed by atoms with van der Waals surface area (Å²) >= 11 is 6.47. The highest BCUT2D eigenvalue weighted by atomic mass is 35.5. The van der Waals surface area contributed by atoms with Gasteiger partial charge in [0.2, 0.25) is 10.0 Å². The van der Waals surface area contributed by atoms with Crippen LogP contribution in [0.25, 0.3) is 0 Å². The maximum atomic E-state index is 14.5. The SMILES string of the molecule is CC1(C(F)(F)F)c2c(C#N)c(OCCNc3ccccc3)cc(Cl)c2SC1S(=O)(=O)NCP(=O)(O)O. The van der Waals surface area contributed by atoms with E-state index in [-0.39, 0.29) is 40.6 Å². The fourth-order valence-corrected chi connectivity index (χ4v) is 8.65. The fraction of sp³-hybridized carbons (Fsp3) is 0.350. The molecule has 2 unspecified atom stereocenters. The average Bonchev–Trinajstić information content (AvgIpc) is 3.12. The van der Waals surface area contributed by atoms with Crippen molar-refractivity contribution in [2.45, 2.75) is 28.0 Å². The number of rotatable bonds is 9. The van der Waals surface area contributed by atoms with Gasteiger partial charge in [-0.05, 0) is 19.1 Å². The number of nitrogens with zero attached hydrogens (tertiary/aromatic N) is 1. The van der Waals surface area contributed by atoms with Crippen molar-refractivity contribution in [3.8, 4) is 11.8 Å². The number of halogens is 4. The average molecular weight is 586 g/mol. The van der Waals surface area contributed by atoms with Gasteiger partial charge in [-0.15, -0.1) is 11.8 Å². The molecule has 0 radical (unpaired) electrons. The number of para-hydroxylation sites is 1. The zero-order chi connectivity index (χ0) is 26.9. The van der Waals surface area contributed by atoms with E-state index < -0.39 is 51.2 Å². The van der Waals surface area contributed by atoms with E-state index in [4.69, 9.17) is 26.1 Å². The molecule has 0 amide bonds. The molecule has 196 valence electrons. The Kier molecular flexibility index (Phi) is 8.27. The van der Waals surface area contributed by atoms with E-state index in [1.165, 1.54) is 0 Å². The maximum absolute atomic E-state index is 14.5. The molecule has 0 saturated carbocycles. The maximum Gasteiger partial charge on any atom is 0.400 e. The van der Waals surface area contributed by atoms with Crippen LogP contribution in [0.1, 0.15) is 18.1 Å². The molecular formula is C20H20ClF3N3O6PS2. The van der Waals surface area contributed by atoms with Gasteiger partial charge in [0, 0.05) is 28.8 Å². The number of alkyl halides is 3. The van der Waals surface area contributed by atoms with Crippen LogP contribution in [0.15, 0.2) is 41.3 Å². The monoisotopic (exact) mass is 585 g/mol. The van der Waals surface area contributed by atoms with Gasteiger partial charge in [-0.2, -0.15) is 18.4 Å². The van der Waals surface area contributed by atoms with Crippen molar-refractivity contribution in [2.75, 3.05) is 24.8 Å². The van der Waals surface area contributed by atoms with Crippen LogP contribution >= 0.6 is 31.0 Å². The van der Waals surface area contributed by atoms with E-state index in [1.807, 2.05) is 6.07 Å². The second-order valence-electron chi connectivity index (χ2n) is 7.85. The second kappa shape index (κ2) is 10.4. The fourth-order valence-electron chi connectivity index (χ4n) is 3.60. The van der Waals surface area contributed by atoms with E-state index in [9.17, 15) is 31.4 Å². The van der Waals surface area contributed by atoms with E-state index in [0.717, 1.165) is 11.8 Å². The third-order valence-corrected chi connectivity index (χ3v) is 10.5. The van der Waals surface area contributed by atoms with Crippen molar-refractivity contribution in [2.24, 2.45) is 0 Å². The first-order chi connectivity index (χ1) is 16.6. The van der Waals surface area contributed by atoms with Gasteiger partial charge in [0.1, 0.15) is 34.7 Å².